The standard InChI is InChI=1S/C24H28N4O3/c1-18-2-8-21(9-3-18)24-26-23(31-27-24)11-10-22(29)25-16-19-4-6-20(7-5-19)17-28-12-14-30-15-13-28/h2-9H,10-17H2,1H3,(H,25,29). The van der Waals surface area contributed by atoms with Crippen LogP contribution >= 0.6 is 0 Å². The van der Waals surface area contributed by atoms with Crippen molar-refractivity contribution in [3.05, 3.63) is 71.1 Å². The van der Waals surface area contributed by atoms with Crippen LogP contribution in [0.4, 0.5) is 0 Å². The van der Waals surface area contributed by atoms with Crippen molar-refractivity contribution in [1.82, 2.24) is 20.4 Å². The van der Waals surface area contributed by atoms with Gasteiger partial charge in [0.05, 0.1) is 13.2 Å². The summed E-state index contributed by atoms with van der Waals surface area (Å²) in [6, 6.07) is 16.3. The predicted molar refractivity (Wildman–Crippen MR) is 117 cm³/mol. The first kappa shape index (κ1) is 21.2. The average Bonchev–Trinajstić information content (AvgIpc) is 3.27. The number of nitrogens with one attached hydrogen (secondary N) is 1. The van der Waals surface area contributed by atoms with E-state index in [1.54, 1.807) is 0 Å². The maximum absolute atomic E-state index is 12.2. The third-order valence-electron chi connectivity index (χ3n) is 5.37. The van der Waals surface area contributed by atoms with E-state index in [9.17, 15) is 4.79 Å². The van der Waals surface area contributed by atoms with Gasteiger partial charge in [0.25, 0.3) is 0 Å². The summed E-state index contributed by atoms with van der Waals surface area (Å²) < 4.78 is 10.7. The van der Waals surface area contributed by atoms with Crippen LogP contribution in [0.25, 0.3) is 11.4 Å². The molecule has 0 spiro atoms. The highest BCUT2D eigenvalue weighted by molar-refractivity contribution is 5.76. The molecule has 1 saturated heterocycles. The van der Waals surface area contributed by atoms with Crippen LogP contribution in [0.15, 0.2) is 53.1 Å². The first-order valence-electron chi connectivity index (χ1n) is 10.7. The Balaban J connectivity index is 1.20. The Morgan fingerprint density at radius 1 is 1.03 bits per heavy atom. The van der Waals surface area contributed by atoms with Gasteiger partial charge in [-0.15, -0.1) is 0 Å². The van der Waals surface area contributed by atoms with Crippen LogP contribution in [0.2, 0.25) is 0 Å². The molecule has 0 saturated carbocycles. The molecule has 7 nitrogen and oxygen atoms in total. The van der Waals surface area contributed by atoms with Gasteiger partial charge in [-0.25, -0.2) is 0 Å². The van der Waals surface area contributed by atoms with Crippen molar-refractivity contribution in [3.8, 4) is 11.4 Å². The number of hydrogen-bond donors (Lipinski definition) is 1. The van der Waals surface area contributed by atoms with Crippen molar-refractivity contribution >= 4 is 5.91 Å². The highest BCUT2D eigenvalue weighted by atomic mass is 16.5. The highest BCUT2D eigenvalue weighted by Crippen LogP contribution is 2.17. The average molecular weight is 421 g/mol. The maximum Gasteiger partial charge on any atom is 0.227 e. The molecule has 1 fully saturated rings. The number of nitrogens with zero attached hydrogens (tertiary/aromatic N) is 3. The number of benzene rings is 2. The molecule has 0 unspecified atom stereocenters. The molecule has 1 N–H and O–H groups in total. The number of carbonyl (C=O) groups is 1. The van der Waals surface area contributed by atoms with E-state index < -0.39 is 0 Å². The van der Waals surface area contributed by atoms with Crippen LogP contribution in [-0.4, -0.2) is 47.3 Å². The lowest BCUT2D eigenvalue weighted by Gasteiger charge is -2.26. The maximum atomic E-state index is 12.2. The van der Waals surface area contributed by atoms with Crippen molar-refractivity contribution in [2.75, 3.05) is 26.3 Å². The van der Waals surface area contributed by atoms with E-state index in [-0.39, 0.29) is 5.91 Å². The highest BCUT2D eigenvalue weighted by Gasteiger charge is 2.12. The third kappa shape index (κ3) is 6.23. The van der Waals surface area contributed by atoms with Crippen LogP contribution in [-0.2, 0) is 29.0 Å². The van der Waals surface area contributed by atoms with Crippen LogP contribution in [0.1, 0.15) is 29.0 Å². The molecule has 0 bridgehead atoms. The van der Waals surface area contributed by atoms with Gasteiger partial charge in [-0.1, -0.05) is 59.3 Å². The van der Waals surface area contributed by atoms with Crippen molar-refractivity contribution in [2.45, 2.75) is 32.9 Å². The fourth-order valence-corrected chi connectivity index (χ4v) is 3.47. The van der Waals surface area contributed by atoms with E-state index in [1.807, 2.05) is 31.2 Å². The largest absolute Gasteiger partial charge is 0.379 e. The predicted octanol–water partition coefficient (Wildman–Crippen LogP) is 3.13. The Kier molecular flexibility index (Phi) is 7.07. The molecule has 0 atom stereocenters. The van der Waals surface area contributed by atoms with Crippen molar-refractivity contribution in [3.63, 3.8) is 0 Å². The zero-order valence-corrected chi connectivity index (χ0v) is 17.8. The van der Waals surface area contributed by atoms with Crippen LogP contribution in [0.5, 0.6) is 0 Å². The van der Waals surface area contributed by atoms with Crippen molar-refractivity contribution < 1.29 is 14.1 Å². The Morgan fingerprint density at radius 2 is 1.74 bits per heavy atom. The number of aryl methyl sites for hydroxylation is 2. The number of hydrogen-bond acceptors (Lipinski definition) is 6. The van der Waals surface area contributed by atoms with Gasteiger partial charge in [-0.2, -0.15) is 4.98 Å². The lowest BCUT2D eigenvalue weighted by molar-refractivity contribution is -0.121. The van der Waals surface area contributed by atoms with Crippen LogP contribution in [0.3, 0.4) is 0 Å². The Bertz CT molecular complexity index is 977. The topological polar surface area (TPSA) is 80.5 Å². The zero-order chi connectivity index (χ0) is 21.5. The molecule has 3 aromatic rings. The van der Waals surface area contributed by atoms with E-state index in [0.29, 0.717) is 31.1 Å². The van der Waals surface area contributed by atoms with Crippen molar-refractivity contribution in [1.29, 1.82) is 0 Å². The number of ether oxygens (including phenoxy) is 1. The first-order valence-corrected chi connectivity index (χ1v) is 10.7. The van der Waals surface area contributed by atoms with Gasteiger partial charge in [0.15, 0.2) is 0 Å². The molecule has 1 aliphatic rings. The number of aromatic nitrogens is 2. The summed E-state index contributed by atoms with van der Waals surface area (Å²) in [7, 11) is 0. The normalized spacial score (nSPS) is 14.5. The summed E-state index contributed by atoms with van der Waals surface area (Å²) in [5, 5.41) is 6.97. The smallest absolute Gasteiger partial charge is 0.227 e. The van der Waals surface area contributed by atoms with Crippen molar-refractivity contribution in [2.24, 2.45) is 0 Å². The molecular formula is C24H28N4O3. The van der Waals surface area contributed by atoms with E-state index in [2.05, 4.69) is 44.6 Å². The van der Waals surface area contributed by atoms with E-state index in [1.165, 1.54) is 11.1 Å². The summed E-state index contributed by atoms with van der Waals surface area (Å²) in [5.74, 6) is 0.984. The molecule has 0 radical (unpaired) electrons. The molecule has 1 aromatic heterocycles. The molecule has 4 rings (SSSR count). The number of carbonyl (C=O) groups excluding carboxylic acids is 1. The molecular weight excluding hydrogens is 392 g/mol. The van der Waals surface area contributed by atoms with Gasteiger partial charge in [-0.05, 0) is 18.1 Å². The Labute approximate surface area is 182 Å². The second kappa shape index (κ2) is 10.3. The minimum absolute atomic E-state index is 0.0347. The van der Waals surface area contributed by atoms with E-state index in [4.69, 9.17) is 9.26 Å². The Hall–Kier alpha value is -3.03. The summed E-state index contributed by atoms with van der Waals surface area (Å²) >= 11 is 0. The summed E-state index contributed by atoms with van der Waals surface area (Å²) in [4.78, 5) is 19.0. The molecule has 162 valence electrons. The number of amides is 1. The zero-order valence-electron chi connectivity index (χ0n) is 17.8. The third-order valence-corrected chi connectivity index (χ3v) is 5.37. The molecule has 7 heteroatoms. The van der Waals surface area contributed by atoms with Crippen LogP contribution in [0, 0.1) is 6.92 Å². The van der Waals surface area contributed by atoms with Gasteiger partial charge < -0.3 is 14.6 Å². The minimum atomic E-state index is -0.0347. The number of rotatable bonds is 8. The molecule has 1 amide bonds. The monoisotopic (exact) mass is 420 g/mol. The fraction of sp³-hybridized carbons (Fsp3) is 0.375. The lowest BCUT2D eigenvalue weighted by atomic mass is 10.1. The molecule has 0 aliphatic carbocycles. The Morgan fingerprint density at radius 3 is 2.48 bits per heavy atom. The fourth-order valence-electron chi connectivity index (χ4n) is 3.47. The molecule has 2 heterocycles. The number of morpholine rings is 1. The lowest BCUT2D eigenvalue weighted by Crippen LogP contribution is -2.35. The summed E-state index contributed by atoms with van der Waals surface area (Å²) in [6.07, 6.45) is 0.730. The van der Waals surface area contributed by atoms with E-state index in [0.717, 1.165) is 44.0 Å². The minimum Gasteiger partial charge on any atom is -0.379 e. The summed E-state index contributed by atoms with van der Waals surface area (Å²) in [6.45, 7) is 7.04. The van der Waals surface area contributed by atoms with Gasteiger partial charge >= 0.3 is 0 Å². The molecule has 1 aliphatic heterocycles. The van der Waals surface area contributed by atoms with Crippen LogP contribution < -0.4 is 5.32 Å². The summed E-state index contributed by atoms with van der Waals surface area (Å²) in [5.41, 5.74) is 4.44. The second-order valence-electron chi connectivity index (χ2n) is 7.86. The van der Waals surface area contributed by atoms with Gasteiger partial charge in [0, 0.05) is 44.6 Å². The van der Waals surface area contributed by atoms with E-state index >= 15 is 0 Å². The molecule has 31 heavy (non-hydrogen) atoms. The second-order valence-corrected chi connectivity index (χ2v) is 7.86. The van der Waals surface area contributed by atoms with Gasteiger partial charge in [-0.3, -0.25) is 9.69 Å². The first-order chi connectivity index (χ1) is 15.2. The van der Waals surface area contributed by atoms with Gasteiger partial charge in [0.2, 0.25) is 17.6 Å². The quantitative estimate of drug-likeness (QED) is 0.603. The van der Waals surface area contributed by atoms with Gasteiger partial charge in [0.1, 0.15) is 0 Å². The SMILES string of the molecule is Cc1ccc(-c2noc(CCC(=O)NCc3ccc(CN4CCOCC4)cc3)n2)cc1. The molecule has 2 aromatic carbocycles.